The summed E-state index contributed by atoms with van der Waals surface area (Å²) in [6, 6.07) is -1.17. The number of hydrogen-bond acceptors (Lipinski definition) is 3. The summed E-state index contributed by atoms with van der Waals surface area (Å²) in [5.74, 6) is -1.27. The van der Waals surface area contributed by atoms with Gasteiger partial charge in [0, 0.05) is 19.6 Å². The molecule has 118 valence electrons. The van der Waals surface area contributed by atoms with Crippen molar-refractivity contribution < 1.29 is 19.5 Å². The van der Waals surface area contributed by atoms with Crippen LogP contribution in [0.25, 0.3) is 0 Å². The molecule has 2 rings (SSSR count). The Bertz CT molecular complexity index is 463. The number of hydrogen-bond donors (Lipinski definition) is 2. The first-order valence-electron chi connectivity index (χ1n) is 7.36. The molecule has 0 aliphatic carbocycles. The lowest BCUT2D eigenvalue weighted by molar-refractivity contribution is -0.145. The molecular weight excluding hydrogens is 274 g/mol. The van der Waals surface area contributed by atoms with Crippen LogP contribution in [0.2, 0.25) is 0 Å². The molecule has 0 bridgehead atoms. The van der Waals surface area contributed by atoms with Gasteiger partial charge in [0.25, 0.3) is 0 Å². The molecule has 2 saturated heterocycles. The molecule has 2 aliphatic heterocycles. The first-order valence-corrected chi connectivity index (χ1v) is 7.36. The van der Waals surface area contributed by atoms with Gasteiger partial charge in [-0.25, -0.2) is 9.59 Å². The lowest BCUT2D eigenvalue weighted by atomic mass is 9.90. The van der Waals surface area contributed by atoms with Gasteiger partial charge >= 0.3 is 12.0 Å². The maximum atomic E-state index is 12.8. The van der Waals surface area contributed by atoms with Crippen molar-refractivity contribution in [3.8, 4) is 0 Å². The molecule has 0 radical (unpaired) electrons. The number of nitrogens with one attached hydrogen (secondary N) is 1. The summed E-state index contributed by atoms with van der Waals surface area (Å²) in [7, 11) is 0. The highest BCUT2D eigenvalue weighted by Crippen LogP contribution is 2.27. The highest BCUT2D eigenvalue weighted by molar-refractivity contribution is 5.92. The number of piperazine rings is 1. The lowest BCUT2D eigenvalue weighted by Gasteiger charge is -2.46. The number of likely N-dealkylation sites (tertiary alicyclic amines) is 1. The third kappa shape index (κ3) is 2.69. The molecule has 0 aromatic rings. The van der Waals surface area contributed by atoms with Crippen molar-refractivity contribution in [3.05, 3.63) is 0 Å². The van der Waals surface area contributed by atoms with Crippen LogP contribution in [0.15, 0.2) is 0 Å². The van der Waals surface area contributed by atoms with Gasteiger partial charge in [-0.1, -0.05) is 6.92 Å². The molecule has 21 heavy (non-hydrogen) atoms. The summed E-state index contributed by atoms with van der Waals surface area (Å²) < 4.78 is 0. The average molecular weight is 297 g/mol. The standard InChI is InChI=1S/C14H23N3O4/c1-9-5-4-7-16(10(9)11(18)19)13(21)17-8-6-15-12(20)14(17,2)3/h9-10H,4-8H2,1-3H3,(H,15,20)(H,18,19). The predicted molar refractivity (Wildman–Crippen MR) is 75.7 cm³/mol. The smallest absolute Gasteiger partial charge is 0.326 e. The zero-order valence-electron chi connectivity index (χ0n) is 12.8. The molecule has 2 aliphatic rings. The Hall–Kier alpha value is -1.79. The van der Waals surface area contributed by atoms with Crippen LogP contribution in [0.5, 0.6) is 0 Å². The van der Waals surface area contributed by atoms with Gasteiger partial charge in [0.05, 0.1) is 0 Å². The SMILES string of the molecule is CC1CCCN(C(=O)N2CCNC(=O)C2(C)C)C1C(=O)O. The normalized spacial score (nSPS) is 29.0. The van der Waals surface area contributed by atoms with Gasteiger partial charge < -0.3 is 20.2 Å². The maximum Gasteiger partial charge on any atom is 0.326 e. The number of carbonyl (C=O) groups excluding carboxylic acids is 2. The van der Waals surface area contributed by atoms with Crippen LogP contribution in [0, 0.1) is 5.92 Å². The van der Waals surface area contributed by atoms with E-state index in [1.807, 2.05) is 6.92 Å². The van der Waals surface area contributed by atoms with Crippen molar-refractivity contribution in [2.24, 2.45) is 5.92 Å². The summed E-state index contributed by atoms with van der Waals surface area (Å²) in [6.07, 6.45) is 1.59. The number of amides is 3. The summed E-state index contributed by atoms with van der Waals surface area (Å²) in [6.45, 7) is 6.44. The first-order chi connectivity index (χ1) is 9.76. The Morgan fingerprint density at radius 1 is 1.33 bits per heavy atom. The number of rotatable bonds is 1. The monoisotopic (exact) mass is 297 g/mol. The Kier molecular flexibility index (Phi) is 4.11. The summed E-state index contributed by atoms with van der Waals surface area (Å²) >= 11 is 0. The van der Waals surface area contributed by atoms with E-state index >= 15 is 0 Å². The highest BCUT2D eigenvalue weighted by atomic mass is 16.4. The zero-order valence-corrected chi connectivity index (χ0v) is 12.8. The molecule has 0 saturated carbocycles. The van der Waals surface area contributed by atoms with Crippen LogP contribution in [0.1, 0.15) is 33.6 Å². The van der Waals surface area contributed by atoms with Crippen molar-refractivity contribution >= 4 is 17.9 Å². The second-order valence-corrected chi connectivity index (χ2v) is 6.35. The van der Waals surface area contributed by atoms with Gasteiger partial charge in [0.15, 0.2) is 0 Å². The van der Waals surface area contributed by atoms with E-state index in [9.17, 15) is 19.5 Å². The van der Waals surface area contributed by atoms with Crippen LogP contribution in [0.4, 0.5) is 4.79 Å². The Labute approximate surface area is 124 Å². The fraction of sp³-hybridized carbons (Fsp3) is 0.786. The zero-order chi connectivity index (χ0) is 15.8. The average Bonchev–Trinajstić information content (AvgIpc) is 2.40. The number of carboxylic acids is 1. The summed E-state index contributed by atoms with van der Waals surface area (Å²) in [5, 5.41) is 12.2. The molecule has 2 fully saturated rings. The van der Waals surface area contributed by atoms with Crippen molar-refractivity contribution in [1.82, 2.24) is 15.1 Å². The van der Waals surface area contributed by atoms with Crippen LogP contribution in [0.3, 0.4) is 0 Å². The number of piperidine rings is 1. The third-order valence-corrected chi connectivity index (χ3v) is 4.51. The Morgan fingerprint density at radius 2 is 2.00 bits per heavy atom. The van der Waals surface area contributed by atoms with E-state index in [0.29, 0.717) is 19.6 Å². The number of carboxylic acid groups (broad SMARTS) is 1. The highest BCUT2D eigenvalue weighted by Gasteiger charge is 2.45. The van der Waals surface area contributed by atoms with Gasteiger partial charge in [-0.05, 0) is 32.6 Å². The minimum absolute atomic E-state index is 0.0815. The Morgan fingerprint density at radius 3 is 2.62 bits per heavy atom. The lowest BCUT2D eigenvalue weighted by Crippen LogP contribution is -2.67. The second kappa shape index (κ2) is 5.54. The molecule has 0 aromatic heterocycles. The van der Waals surface area contributed by atoms with Crippen molar-refractivity contribution in [3.63, 3.8) is 0 Å². The predicted octanol–water partition coefficient (Wildman–Crippen LogP) is 0.502. The van der Waals surface area contributed by atoms with Gasteiger partial charge in [0.1, 0.15) is 11.6 Å². The van der Waals surface area contributed by atoms with Crippen molar-refractivity contribution in [2.75, 3.05) is 19.6 Å². The number of nitrogens with zero attached hydrogens (tertiary/aromatic N) is 2. The van der Waals surface area contributed by atoms with E-state index in [0.717, 1.165) is 12.8 Å². The van der Waals surface area contributed by atoms with E-state index in [2.05, 4.69) is 5.32 Å². The largest absolute Gasteiger partial charge is 0.480 e. The molecule has 7 heteroatoms. The molecule has 3 amide bonds. The topological polar surface area (TPSA) is 90.0 Å². The fourth-order valence-corrected chi connectivity index (χ4v) is 3.17. The molecule has 0 spiro atoms. The molecular formula is C14H23N3O4. The number of carbonyl (C=O) groups is 3. The molecule has 2 heterocycles. The number of urea groups is 1. The fourth-order valence-electron chi connectivity index (χ4n) is 3.17. The van der Waals surface area contributed by atoms with Crippen LogP contribution < -0.4 is 5.32 Å². The van der Waals surface area contributed by atoms with E-state index in [-0.39, 0.29) is 17.9 Å². The number of aliphatic carboxylic acids is 1. The van der Waals surface area contributed by atoms with E-state index in [4.69, 9.17) is 0 Å². The minimum atomic E-state index is -0.977. The van der Waals surface area contributed by atoms with Gasteiger partial charge in [-0.3, -0.25) is 4.79 Å². The third-order valence-electron chi connectivity index (χ3n) is 4.51. The Balaban J connectivity index is 2.25. The van der Waals surface area contributed by atoms with Crippen LogP contribution in [-0.4, -0.2) is 64.0 Å². The van der Waals surface area contributed by atoms with E-state index in [1.54, 1.807) is 13.8 Å². The molecule has 2 atom stereocenters. The van der Waals surface area contributed by atoms with Crippen LogP contribution in [-0.2, 0) is 9.59 Å². The van der Waals surface area contributed by atoms with Gasteiger partial charge in [0.2, 0.25) is 5.91 Å². The molecule has 0 aromatic carbocycles. The summed E-state index contributed by atoms with van der Waals surface area (Å²) in [5.41, 5.74) is -0.959. The van der Waals surface area contributed by atoms with Gasteiger partial charge in [-0.2, -0.15) is 0 Å². The molecule has 7 nitrogen and oxygen atoms in total. The van der Waals surface area contributed by atoms with Crippen molar-refractivity contribution in [2.45, 2.75) is 45.2 Å². The maximum absolute atomic E-state index is 12.8. The molecule has 2 N–H and O–H groups in total. The van der Waals surface area contributed by atoms with Crippen molar-refractivity contribution in [1.29, 1.82) is 0 Å². The van der Waals surface area contributed by atoms with E-state index < -0.39 is 17.6 Å². The van der Waals surface area contributed by atoms with Crippen LogP contribution >= 0.6 is 0 Å². The van der Waals surface area contributed by atoms with Gasteiger partial charge in [-0.15, -0.1) is 0 Å². The quantitative estimate of drug-likeness (QED) is 0.737. The summed E-state index contributed by atoms with van der Waals surface area (Å²) in [4.78, 5) is 39.1. The molecule has 2 unspecified atom stereocenters. The minimum Gasteiger partial charge on any atom is -0.480 e. The second-order valence-electron chi connectivity index (χ2n) is 6.35. The van der Waals surface area contributed by atoms with E-state index in [1.165, 1.54) is 9.80 Å². The first kappa shape index (κ1) is 15.6.